The van der Waals surface area contributed by atoms with E-state index in [1.54, 1.807) is 0 Å². The maximum absolute atomic E-state index is 5.32. The lowest BCUT2D eigenvalue weighted by Crippen LogP contribution is -2.11. The molecule has 2 saturated heterocycles. The molecule has 0 amide bonds. The number of hydrogen-bond donors (Lipinski definition) is 1. The van der Waals surface area contributed by atoms with Crippen LogP contribution in [0.3, 0.4) is 0 Å². The highest BCUT2D eigenvalue weighted by Gasteiger charge is 2.24. The molecule has 2 unspecified atom stereocenters. The molecule has 5 nitrogen and oxygen atoms in total. The summed E-state index contributed by atoms with van der Waals surface area (Å²) in [6.07, 6.45) is 3.14. The molecule has 0 aromatic carbocycles. The molecule has 0 aliphatic carbocycles. The molecule has 3 rings (SSSR count). The summed E-state index contributed by atoms with van der Waals surface area (Å²) in [7, 11) is 0. The normalized spacial score (nSPS) is 28.2. The van der Waals surface area contributed by atoms with Crippen LogP contribution in [0.4, 0.5) is 0 Å². The van der Waals surface area contributed by atoms with Gasteiger partial charge in [0, 0.05) is 18.9 Å². The van der Waals surface area contributed by atoms with Crippen LogP contribution >= 0.6 is 12.4 Å². The fraction of sp³-hybridized carbons (Fsp3) is 0.818. The molecule has 0 bridgehead atoms. The Kier molecular flexibility index (Phi) is 4.36. The van der Waals surface area contributed by atoms with Crippen LogP contribution in [0.15, 0.2) is 4.52 Å². The van der Waals surface area contributed by atoms with Crippen LogP contribution in [0.25, 0.3) is 0 Å². The maximum atomic E-state index is 5.32. The number of hydrogen-bond acceptors (Lipinski definition) is 5. The Morgan fingerprint density at radius 1 is 1.35 bits per heavy atom. The maximum Gasteiger partial charge on any atom is 0.226 e. The van der Waals surface area contributed by atoms with E-state index in [0.29, 0.717) is 11.8 Å². The molecular formula is C11H18ClN3O2. The molecule has 2 fully saturated rings. The zero-order valence-electron chi connectivity index (χ0n) is 9.72. The van der Waals surface area contributed by atoms with E-state index >= 15 is 0 Å². The first-order valence-corrected chi connectivity index (χ1v) is 6.03. The highest BCUT2D eigenvalue weighted by molar-refractivity contribution is 5.85. The van der Waals surface area contributed by atoms with Crippen molar-refractivity contribution in [3.8, 4) is 0 Å². The van der Waals surface area contributed by atoms with Crippen LogP contribution in [0, 0.1) is 5.92 Å². The predicted molar refractivity (Wildman–Crippen MR) is 64.4 cm³/mol. The van der Waals surface area contributed by atoms with E-state index in [4.69, 9.17) is 9.26 Å². The number of aromatic nitrogens is 2. The predicted octanol–water partition coefficient (Wildman–Crippen LogP) is 1.15. The first-order chi connectivity index (χ1) is 7.92. The van der Waals surface area contributed by atoms with Crippen molar-refractivity contribution in [3.63, 3.8) is 0 Å². The standard InChI is InChI=1S/C11H17N3O2.ClH/c1-3-12-6-8(1)5-10-13-11(14-16-10)9-2-4-15-7-9;/h8-9,12H,1-7H2;1H. The Morgan fingerprint density at radius 3 is 3.00 bits per heavy atom. The Labute approximate surface area is 107 Å². The van der Waals surface area contributed by atoms with E-state index < -0.39 is 0 Å². The average molecular weight is 260 g/mol. The minimum absolute atomic E-state index is 0. The molecule has 17 heavy (non-hydrogen) atoms. The lowest BCUT2D eigenvalue weighted by molar-refractivity contribution is 0.192. The molecule has 1 aromatic rings. The fourth-order valence-electron chi connectivity index (χ4n) is 2.39. The summed E-state index contributed by atoms with van der Waals surface area (Å²) in [4.78, 5) is 4.47. The fourth-order valence-corrected chi connectivity index (χ4v) is 2.39. The molecule has 0 spiro atoms. The van der Waals surface area contributed by atoms with E-state index in [-0.39, 0.29) is 12.4 Å². The van der Waals surface area contributed by atoms with Crippen LogP contribution in [0.1, 0.15) is 30.5 Å². The van der Waals surface area contributed by atoms with Crippen molar-refractivity contribution >= 4 is 12.4 Å². The Hall–Kier alpha value is -0.650. The number of ether oxygens (including phenoxy) is 1. The number of rotatable bonds is 3. The van der Waals surface area contributed by atoms with Crippen LogP contribution in [0.2, 0.25) is 0 Å². The molecule has 2 aliphatic rings. The van der Waals surface area contributed by atoms with E-state index in [2.05, 4.69) is 15.5 Å². The topological polar surface area (TPSA) is 60.2 Å². The second kappa shape index (κ2) is 5.80. The smallest absolute Gasteiger partial charge is 0.226 e. The second-order valence-corrected chi connectivity index (χ2v) is 4.67. The molecule has 1 aromatic heterocycles. The lowest BCUT2D eigenvalue weighted by atomic mass is 10.1. The number of nitrogens with zero attached hydrogens (tertiary/aromatic N) is 2. The number of nitrogens with one attached hydrogen (secondary N) is 1. The van der Waals surface area contributed by atoms with Gasteiger partial charge < -0.3 is 14.6 Å². The van der Waals surface area contributed by atoms with Gasteiger partial charge >= 0.3 is 0 Å². The van der Waals surface area contributed by atoms with Gasteiger partial charge in [-0.3, -0.25) is 0 Å². The molecule has 0 saturated carbocycles. The second-order valence-electron chi connectivity index (χ2n) is 4.67. The summed E-state index contributed by atoms with van der Waals surface area (Å²) in [5.74, 6) is 2.63. The van der Waals surface area contributed by atoms with Gasteiger partial charge in [-0.25, -0.2) is 0 Å². The van der Waals surface area contributed by atoms with Gasteiger partial charge in [-0.15, -0.1) is 12.4 Å². The minimum atomic E-state index is 0. The summed E-state index contributed by atoms with van der Waals surface area (Å²) < 4.78 is 10.6. The molecule has 3 heterocycles. The van der Waals surface area contributed by atoms with Crippen molar-refractivity contribution in [2.75, 3.05) is 26.3 Å². The highest BCUT2D eigenvalue weighted by Crippen LogP contribution is 2.23. The largest absolute Gasteiger partial charge is 0.381 e. The third kappa shape index (κ3) is 2.97. The summed E-state index contributed by atoms with van der Waals surface area (Å²) >= 11 is 0. The van der Waals surface area contributed by atoms with Gasteiger partial charge in [-0.05, 0) is 31.8 Å². The lowest BCUT2D eigenvalue weighted by Gasteiger charge is -2.02. The monoisotopic (exact) mass is 259 g/mol. The molecule has 2 aliphatic heterocycles. The molecule has 1 N–H and O–H groups in total. The van der Waals surface area contributed by atoms with E-state index in [1.165, 1.54) is 6.42 Å². The van der Waals surface area contributed by atoms with Gasteiger partial charge in [-0.1, -0.05) is 5.16 Å². The number of halogens is 1. The third-order valence-electron chi connectivity index (χ3n) is 3.40. The van der Waals surface area contributed by atoms with Gasteiger partial charge in [0.15, 0.2) is 5.82 Å². The van der Waals surface area contributed by atoms with Crippen molar-refractivity contribution in [2.45, 2.75) is 25.2 Å². The van der Waals surface area contributed by atoms with E-state index in [0.717, 1.165) is 50.9 Å². The molecule has 96 valence electrons. The zero-order valence-corrected chi connectivity index (χ0v) is 10.5. The van der Waals surface area contributed by atoms with Crippen molar-refractivity contribution in [3.05, 3.63) is 11.7 Å². The highest BCUT2D eigenvalue weighted by atomic mass is 35.5. The van der Waals surface area contributed by atoms with E-state index in [9.17, 15) is 0 Å². The van der Waals surface area contributed by atoms with Crippen LogP contribution in [0.5, 0.6) is 0 Å². The average Bonchev–Trinajstić information content (AvgIpc) is 2.99. The van der Waals surface area contributed by atoms with Crippen LogP contribution in [-0.4, -0.2) is 36.4 Å². The van der Waals surface area contributed by atoms with Gasteiger partial charge in [0.1, 0.15) is 0 Å². The van der Waals surface area contributed by atoms with Crippen molar-refractivity contribution in [1.82, 2.24) is 15.5 Å². The SMILES string of the molecule is C1CC(Cc2nc(C3CCOC3)no2)CN1.Cl. The summed E-state index contributed by atoms with van der Waals surface area (Å²) in [5.41, 5.74) is 0. The summed E-state index contributed by atoms with van der Waals surface area (Å²) in [6, 6.07) is 0. The molecular weight excluding hydrogens is 242 g/mol. The van der Waals surface area contributed by atoms with E-state index in [1.807, 2.05) is 0 Å². The van der Waals surface area contributed by atoms with Crippen LogP contribution in [-0.2, 0) is 11.2 Å². The summed E-state index contributed by atoms with van der Waals surface area (Å²) in [5, 5.41) is 7.40. The molecule has 2 atom stereocenters. The van der Waals surface area contributed by atoms with Gasteiger partial charge in [0.2, 0.25) is 5.89 Å². The van der Waals surface area contributed by atoms with Gasteiger partial charge in [0.05, 0.1) is 6.61 Å². The Balaban J connectivity index is 0.00000108. The van der Waals surface area contributed by atoms with Crippen molar-refractivity contribution < 1.29 is 9.26 Å². The van der Waals surface area contributed by atoms with Crippen molar-refractivity contribution in [1.29, 1.82) is 0 Å². The minimum Gasteiger partial charge on any atom is -0.381 e. The third-order valence-corrected chi connectivity index (χ3v) is 3.40. The Bertz CT molecular complexity index is 346. The summed E-state index contributed by atoms with van der Waals surface area (Å²) in [6.45, 7) is 3.75. The first-order valence-electron chi connectivity index (χ1n) is 6.03. The molecule has 0 radical (unpaired) electrons. The van der Waals surface area contributed by atoms with Gasteiger partial charge in [0.25, 0.3) is 0 Å². The van der Waals surface area contributed by atoms with Gasteiger partial charge in [-0.2, -0.15) is 4.98 Å². The Morgan fingerprint density at radius 2 is 2.29 bits per heavy atom. The molecule has 6 heteroatoms. The zero-order chi connectivity index (χ0) is 10.8. The first kappa shape index (κ1) is 12.8. The van der Waals surface area contributed by atoms with Crippen LogP contribution < -0.4 is 5.32 Å². The quantitative estimate of drug-likeness (QED) is 0.882. The van der Waals surface area contributed by atoms with Crippen molar-refractivity contribution in [2.24, 2.45) is 5.92 Å².